The molecule has 0 radical (unpaired) electrons. The lowest BCUT2D eigenvalue weighted by Crippen LogP contribution is -2.21. The fourth-order valence-electron chi connectivity index (χ4n) is 1.81. The van der Waals surface area contributed by atoms with Crippen molar-refractivity contribution in [1.29, 1.82) is 5.26 Å². The number of nitrogens with one attached hydrogen (secondary N) is 1. The van der Waals surface area contributed by atoms with Gasteiger partial charge in [-0.1, -0.05) is 0 Å². The number of nitro groups is 1. The van der Waals surface area contributed by atoms with Crippen LogP contribution in [0.1, 0.15) is 13.8 Å². The number of methoxy groups -OCH3 is 1. The van der Waals surface area contributed by atoms with Crippen molar-refractivity contribution in [3.8, 4) is 11.8 Å². The van der Waals surface area contributed by atoms with Crippen LogP contribution in [0.5, 0.6) is 5.75 Å². The normalized spacial score (nSPS) is 10.6. The summed E-state index contributed by atoms with van der Waals surface area (Å²) >= 11 is 0. The third-order valence-corrected chi connectivity index (χ3v) is 3.13. The third-order valence-electron chi connectivity index (χ3n) is 3.13. The molecule has 0 aliphatic heterocycles. The van der Waals surface area contributed by atoms with Crippen molar-refractivity contribution in [3.05, 3.63) is 40.1 Å². The van der Waals surface area contributed by atoms with E-state index in [0.29, 0.717) is 13.1 Å². The summed E-state index contributed by atoms with van der Waals surface area (Å²) in [6.45, 7) is 5.14. The molecule has 8 heteroatoms. The molecule has 0 saturated heterocycles. The van der Waals surface area contributed by atoms with E-state index in [1.807, 2.05) is 24.8 Å². The van der Waals surface area contributed by atoms with E-state index in [4.69, 9.17) is 10.00 Å². The summed E-state index contributed by atoms with van der Waals surface area (Å²) in [4.78, 5) is 24.2. The second-order valence-electron chi connectivity index (χ2n) is 4.47. The Bertz CT molecular complexity index is 660. The van der Waals surface area contributed by atoms with E-state index in [2.05, 4.69) is 5.32 Å². The molecule has 0 heterocycles. The Morgan fingerprint density at radius 2 is 2.13 bits per heavy atom. The predicted octanol–water partition coefficient (Wildman–Crippen LogP) is 2.29. The number of amides is 1. The Hall–Kier alpha value is -3.08. The van der Waals surface area contributed by atoms with Crippen LogP contribution in [0.15, 0.2) is 30.0 Å². The number of hydrogen-bond acceptors (Lipinski definition) is 6. The number of nitrogens with zero attached hydrogens (tertiary/aromatic N) is 3. The molecule has 0 fully saturated rings. The summed E-state index contributed by atoms with van der Waals surface area (Å²) in [6.07, 6.45) is 1.48. The first kappa shape index (κ1) is 18.0. The number of hydrogen-bond donors (Lipinski definition) is 1. The molecular weight excluding hydrogens is 300 g/mol. The molecule has 23 heavy (non-hydrogen) atoms. The maximum absolute atomic E-state index is 12.2. The van der Waals surface area contributed by atoms with E-state index in [9.17, 15) is 14.9 Å². The number of anilines is 1. The summed E-state index contributed by atoms with van der Waals surface area (Å²) in [6, 6.07) is 5.66. The first-order valence-corrected chi connectivity index (χ1v) is 6.96. The lowest BCUT2D eigenvalue weighted by molar-refractivity contribution is -0.384. The van der Waals surface area contributed by atoms with Gasteiger partial charge in [0.15, 0.2) is 0 Å². The largest absolute Gasteiger partial charge is 0.494 e. The Morgan fingerprint density at radius 1 is 1.48 bits per heavy atom. The summed E-state index contributed by atoms with van der Waals surface area (Å²) in [5.41, 5.74) is 0.0388. The van der Waals surface area contributed by atoms with Gasteiger partial charge >= 0.3 is 0 Å². The zero-order valence-corrected chi connectivity index (χ0v) is 13.2. The van der Waals surface area contributed by atoms with Crippen LogP contribution in [0.2, 0.25) is 0 Å². The van der Waals surface area contributed by atoms with Gasteiger partial charge in [-0.15, -0.1) is 0 Å². The van der Waals surface area contributed by atoms with Gasteiger partial charge in [-0.3, -0.25) is 14.9 Å². The Kier molecular flexibility index (Phi) is 6.55. The monoisotopic (exact) mass is 318 g/mol. The topological polar surface area (TPSA) is 109 Å². The van der Waals surface area contributed by atoms with Gasteiger partial charge in [0.1, 0.15) is 17.4 Å². The summed E-state index contributed by atoms with van der Waals surface area (Å²) in [5, 5.41) is 22.4. The highest BCUT2D eigenvalue weighted by atomic mass is 16.6. The molecule has 1 amide bonds. The van der Waals surface area contributed by atoms with E-state index in [1.54, 1.807) is 0 Å². The smallest absolute Gasteiger partial charge is 0.273 e. The fraction of sp³-hybridized carbons (Fsp3) is 0.333. The number of carbonyl (C=O) groups excluding carboxylic acids is 1. The lowest BCUT2D eigenvalue weighted by Gasteiger charge is -2.16. The zero-order chi connectivity index (χ0) is 17.4. The molecule has 1 aromatic rings. The molecule has 122 valence electrons. The number of carbonyl (C=O) groups is 1. The number of benzene rings is 1. The van der Waals surface area contributed by atoms with Gasteiger partial charge in [0.05, 0.1) is 23.8 Å². The van der Waals surface area contributed by atoms with Gasteiger partial charge in [-0.05, 0) is 19.9 Å². The van der Waals surface area contributed by atoms with Crippen LogP contribution < -0.4 is 10.1 Å². The maximum Gasteiger partial charge on any atom is 0.273 e. The molecule has 1 rings (SSSR count). The lowest BCUT2D eigenvalue weighted by atomic mass is 10.2. The highest BCUT2D eigenvalue weighted by molar-refractivity contribution is 6.07. The molecule has 8 nitrogen and oxygen atoms in total. The van der Waals surface area contributed by atoms with E-state index in [-0.39, 0.29) is 22.7 Å². The van der Waals surface area contributed by atoms with Crippen molar-refractivity contribution in [3.63, 3.8) is 0 Å². The number of ether oxygens (including phenoxy) is 1. The molecular formula is C15H18N4O4. The van der Waals surface area contributed by atoms with Crippen LogP contribution >= 0.6 is 0 Å². The SMILES string of the molecule is CCN(/C=C(/C#N)C(=O)Nc1ccc([N+](=O)[O-])cc1OC)CC. The fourth-order valence-corrected chi connectivity index (χ4v) is 1.81. The molecule has 0 aliphatic carbocycles. The van der Waals surface area contributed by atoms with Gasteiger partial charge in [0.2, 0.25) is 0 Å². The first-order valence-electron chi connectivity index (χ1n) is 6.96. The number of nitriles is 1. The second-order valence-corrected chi connectivity index (χ2v) is 4.47. The molecule has 1 aromatic carbocycles. The van der Waals surface area contributed by atoms with Crippen LogP contribution in [0.25, 0.3) is 0 Å². The van der Waals surface area contributed by atoms with E-state index < -0.39 is 10.8 Å². The highest BCUT2D eigenvalue weighted by Gasteiger charge is 2.16. The molecule has 0 unspecified atom stereocenters. The minimum Gasteiger partial charge on any atom is -0.494 e. The van der Waals surface area contributed by atoms with Crippen LogP contribution in [-0.4, -0.2) is 35.9 Å². The number of rotatable bonds is 7. The van der Waals surface area contributed by atoms with E-state index >= 15 is 0 Å². The van der Waals surface area contributed by atoms with Gasteiger partial charge in [0, 0.05) is 25.4 Å². The van der Waals surface area contributed by atoms with Gasteiger partial charge in [-0.2, -0.15) is 5.26 Å². The minimum atomic E-state index is -0.605. The molecule has 0 aromatic heterocycles. The Balaban J connectivity index is 3.04. The summed E-state index contributed by atoms with van der Waals surface area (Å²) in [7, 11) is 1.34. The van der Waals surface area contributed by atoms with Crippen LogP contribution in [0.4, 0.5) is 11.4 Å². The Morgan fingerprint density at radius 3 is 2.61 bits per heavy atom. The highest BCUT2D eigenvalue weighted by Crippen LogP contribution is 2.29. The van der Waals surface area contributed by atoms with Gasteiger partial charge in [-0.25, -0.2) is 0 Å². The molecule has 0 saturated carbocycles. The number of nitro benzene ring substituents is 1. The zero-order valence-electron chi connectivity index (χ0n) is 13.2. The van der Waals surface area contributed by atoms with E-state index in [0.717, 1.165) is 0 Å². The van der Waals surface area contributed by atoms with Gasteiger partial charge < -0.3 is 15.0 Å². The Labute approximate surface area is 134 Å². The maximum atomic E-state index is 12.2. The average molecular weight is 318 g/mol. The van der Waals surface area contributed by atoms with Crippen molar-refractivity contribution in [2.24, 2.45) is 0 Å². The van der Waals surface area contributed by atoms with Crippen LogP contribution in [-0.2, 0) is 4.79 Å². The molecule has 0 spiro atoms. The van der Waals surface area contributed by atoms with Crippen LogP contribution in [0, 0.1) is 21.4 Å². The van der Waals surface area contributed by atoms with Gasteiger partial charge in [0.25, 0.3) is 11.6 Å². The van der Waals surface area contributed by atoms with Crippen molar-refractivity contribution in [2.75, 3.05) is 25.5 Å². The molecule has 0 bridgehead atoms. The first-order chi connectivity index (χ1) is 11.0. The van der Waals surface area contributed by atoms with Crippen molar-refractivity contribution in [2.45, 2.75) is 13.8 Å². The third kappa shape index (κ3) is 4.71. The molecule has 1 N–H and O–H groups in total. The molecule has 0 aliphatic rings. The summed E-state index contributed by atoms with van der Waals surface area (Å²) < 4.78 is 5.04. The predicted molar refractivity (Wildman–Crippen MR) is 84.9 cm³/mol. The quantitative estimate of drug-likeness (QED) is 0.357. The standard InChI is InChI=1S/C15H18N4O4/c1-4-18(5-2)10-11(9-16)15(20)17-13-7-6-12(19(21)22)8-14(13)23-3/h6-8,10H,4-5H2,1-3H3,(H,17,20)/b11-10-. The average Bonchev–Trinajstić information content (AvgIpc) is 2.56. The number of non-ortho nitro benzene ring substituents is 1. The van der Waals surface area contributed by atoms with E-state index in [1.165, 1.54) is 31.5 Å². The van der Waals surface area contributed by atoms with Crippen molar-refractivity contribution >= 4 is 17.3 Å². The summed E-state index contributed by atoms with van der Waals surface area (Å²) in [5.74, 6) is -0.459. The minimum absolute atomic E-state index is 0.0610. The van der Waals surface area contributed by atoms with Crippen LogP contribution in [0.3, 0.4) is 0 Å². The molecule has 0 atom stereocenters. The van der Waals surface area contributed by atoms with Crippen molar-refractivity contribution < 1.29 is 14.5 Å². The van der Waals surface area contributed by atoms with Crippen molar-refractivity contribution in [1.82, 2.24) is 4.90 Å². The second kappa shape index (κ2) is 8.38.